The van der Waals surface area contributed by atoms with E-state index >= 15 is 0 Å². The first-order valence-electron chi connectivity index (χ1n) is 5.30. The molecule has 1 aliphatic carbocycles. The van der Waals surface area contributed by atoms with Crippen molar-refractivity contribution < 1.29 is 0 Å². The van der Waals surface area contributed by atoms with Crippen LogP contribution in [0.25, 0.3) is 0 Å². The third-order valence-corrected chi connectivity index (χ3v) is 4.99. The fourth-order valence-electron chi connectivity index (χ4n) is 1.68. The van der Waals surface area contributed by atoms with Crippen LogP contribution in [0, 0.1) is 0 Å². The molecule has 0 saturated heterocycles. The Labute approximate surface area is 98.4 Å². The van der Waals surface area contributed by atoms with Crippen molar-refractivity contribution in [3.8, 4) is 0 Å². The van der Waals surface area contributed by atoms with Gasteiger partial charge in [-0.1, -0.05) is 70.0 Å². The molecule has 0 aromatic rings. The van der Waals surface area contributed by atoms with Crippen LogP contribution < -0.4 is 0 Å². The Morgan fingerprint density at radius 3 is 2.38 bits per heavy atom. The molecule has 0 radical (unpaired) electrons. The predicted molar refractivity (Wildman–Crippen MR) is 66.7 cm³/mol. The van der Waals surface area contributed by atoms with Crippen molar-refractivity contribution in [2.24, 2.45) is 0 Å². The summed E-state index contributed by atoms with van der Waals surface area (Å²) in [6, 6.07) is 0. The molecular weight excluding hydrogens is 292 g/mol. The number of halogens is 2. The van der Waals surface area contributed by atoms with Crippen molar-refractivity contribution >= 4 is 31.9 Å². The SMILES string of the molecule is Br/C1=C/CCCCCCCCC1Br. The van der Waals surface area contributed by atoms with Crippen LogP contribution in [-0.4, -0.2) is 4.83 Å². The second-order valence-electron chi connectivity index (χ2n) is 3.76. The average Bonchev–Trinajstić information content (AvgIpc) is 2.16. The quantitative estimate of drug-likeness (QED) is 0.542. The Balaban J connectivity index is 2.39. The zero-order chi connectivity index (χ0) is 9.52. The number of hydrogen-bond acceptors (Lipinski definition) is 0. The fourth-order valence-corrected chi connectivity index (χ4v) is 2.65. The lowest BCUT2D eigenvalue weighted by atomic mass is 10.1. The third kappa shape index (κ3) is 5.21. The topological polar surface area (TPSA) is 0 Å². The Kier molecular flexibility index (Phi) is 6.39. The van der Waals surface area contributed by atoms with E-state index in [9.17, 15) is 0 Å². The van der Waals surface area contributed by atoms with E-state index < -0.39 is 0 Å². The molecule has 0 aromatic heterocycles. The van der Waals surface area contributed by atoms with Crippen molar-refractivity contribution in [2.75, 3.05) is 0 Å². The molecular formula is C11H18Br2. The molecule has 0 amide bonds. The van der Waals surface area contributed by atoms with Crippen LogP contribution in [0.1, 0.15) is 51.4 Å². The van der Waals surface area contributed by atoms with E-state index in [1.807, 2.05) is 0 Å². The fraction of sp³-hybridized carbons (Fsp3) is 0.818. The van der Waals surface area contributed by atoms with Gasteiger partial charge in [0.05, 0.1) is 0 Å². The molecule has 1 atom stereocenters. The molecule has 0 spiro atoms. The zero-order valence-electron chi connectivity index (χ0n) is 8.07. The van der Waals surface area contributed by atoms with Crippen LogP contribution in [0.3, 0.4) is 0 Å². The summed E-state index contributed by atoms with van der Waals surface area (Å²) < 4.78 is 1.36. The molecule has 0 saturated carbocycles. The van der Waals surface area contributed by atoms with Gasteiger partial charge in [0, 0.05) is 9.31 Å². The summed E-state index contributed by atoms with van der Waals surface area (Å²) in [7, 11) is 0. The van der Waals surface area contributed by atoms with Crippen molar-refractivity contribution in [3.05, 3.63) is 10.6 Å². The van der Waals surface area contributed by atoms with Gasteiger partial charge in [0.1, 0.15) is 0 Å². The predicted octanol–water partition coefficient (Wildman–Crippen LogP) is 5.16. The van der Waals surface area contributed by atoms with Crippen molar-refractivity contribution in [1.29, 1.82) is 0 Å². The highest BCUT2D eigenvalue weighted by Gasteiger charge is 2.07. The van der Waals surface area contributed by atoms with Crippen LogP contribution in [0.5, 0.6) is 0 Å². The third-order valence-electron chi connectivity index (χ3n) is 2.55. The summed E-state index contributed by atoms with van der Waals surface area (Å²) in [5.74, 6) is 0. The van der Waals surface area contributed by atoms with E-state index in [1.54, 1.807) is 0 Å². The van der Waals surface area contributed by atoms with Gasteiger partial charge in [-0.05, 0) is 19.3 Å². The smallest absolute Gasteiger partial charge is 0.0458 e. The monoisotopic (exact) mass is 308 g/mol. The highest BCUT2D eigenvalue weighted by Crippen LogP contribution is 2.26. The van der Waals surface area contributed by atoms with Gasteiger partial charge in [0.15, 0.2) is 0 Å². The molecule has 0 aromatic carbocycles. The average molecular weight is 310 g/mol. The lowest BCUT2D eigenvalue weighted by Gasteiger charge is -2.07. The molecule has 0 fully saturated rings. The maximum absolute atomic E-state index is 3.71. The second-order valence-corrected chi connectivity index (χ2v) is 5.78. The molecule has 0 aliphatic heterocycles. The largest absolute Gasteiger partial charge is 0.0833 e. The van der Waals surface area contributed by atoms with Crippen molar-refractivity contribution in [3.63, 3.8) is 0 Å². The van der Waals surface area contributed by atoms with Gasteiger partial charge < -0.3 is 0 Å². The van der Waals surface area contributed by atoms with E-state index in [-0.39, 0.29) is 0 Å². The van der Waals surface area contributed by atoms with Crippen molar-refractivity contribution in [1.82, 2.24) is 0 Å². The van der Waals surface area contributed by atoms with Crippen LogP contribution in [0.15, 0.2) is 10.6 Å². The van der Waals surface area contributed by atoms with Gasteiger partial charge in [0.25, 0.3) is 0 Å². The molecule has 13 heavy (non-hydrogen) atoms. The molecule has 1 rings (SSSR count). The molecule has 0 N–H and O–H groups in total. The van der Waals surface area contributed by atoms with Crippen LogP contribution >= 0.6 is 31.9 Å². The van der Waals surface area contributed by atoms with E-state index in [4.69, 9.17) is 0 Å². The molecule has 76 valence electrons. The number of rotatable bonds is 0. The first-order valence-corrected chi connectivity index (χ1v) is 7.01. The number of alkyl halides is 1. The minimum atomic E-state index is 0.561. The summed E-state index contributed by atoms with van der Waals surface area (Å²) in [6.45, 7) is 0. The van der Waals surface area contributed by atoms with Gasteiger partial charge in [-0.25, -0.2) is 0 Å². The molecule has 1 unspecified atom stereocenters. The Morgan fingerprint density at radius 1 is 1.00 bits per heavy atom. The lowest BCUT2D eigenvalue weighted by molar-refractivity contribution is 0.591. The minimum Gasteiger partial charge on any atom is -0.0833 e. The Hall–Kier alpha value is 0.700. The molecule has 0 bridgehead atoms. The Morgan fingerprint density at radius 2 is 1.62 bits per heavy atom. The van der Waals surface area contributed by atoms with Gasteiger partial charge in [-0.2, -0.15) is 0 Å². The zero-order valence-corrected chi connectivity index (χ0v) is 11.2. The highest BCUT2D eigenvalue weighted by molar-refractivity contribution is 9.14. The summed E-state index contributed by atoms with van der Waals surface area (Å²) >= 11 is 7.35. The molecule has 0 nitrogen and oxygen atoms in total. The number of allylic oxidation sites excluding steroid dienone is 2. The minimum absolute atomic E-state index is 0.561. The van der Waals surface area contributed by atoms with Crippen LogP contribution in [-0.2, 0) is 0 Å². The second kappa shape index (κ2) is 7.05. The van der Waals surface area contributed by atoms with Crippen molar-refractivity contribution in [2.45, 2.75) is 56.2 Å². The molecule has 1 aliphatic rings. The lowest BCUT2D eigenvalue weighted by Crippen LogP contribution is -1.96. The normalized spacial score (nSPS) is 31.5. The van der Waals surface area contributed by atoms with Gasteiger partial charge in [-0.3, -0.25) is 0 Å². The number of hydrogen-bond donors (Lipinski definition) is 0. The standard InChI is InChI=1S/C11H18Br2/c12-10-8-6-4-2-1-3-5-7-9-11(10)13/h8,11H,1-7,9H2/b10-8+. The van der Waals surface area contributed by atoms with E-state index in [2.05, 4.69) is 37.9 Å². The summed E-state index contributed by atoms with van der Waals surface area (Å²) in [6.07, 6.45) is 13.2. The van der Waals surface area contributed by atoms with Gasteiger partial charge in [0.2, 0.25) is 0 Å². The van der Waals surface area contributed by atoms with Crippen LogP contribution in [0.4, 0.5) is 0 Å². The van der Waals surface area contributed by atoms with E-state index in [1.165, 1.54) is 55.8 Å². The van der Waals surface area contributed by atoms with Gasteiger partial charge >= 0.3 is 0 Å². The summed E-state index contributed by atoms with van der Waals surface area (Å²) in [4.78, 5) is 0.561. The first kappa shape index (κ1) is 11.8. The maximum atomic E-state index is 3.71. The summed E-state index contributed by atoms with van der Waals surface area (Å²) in [5, 5.41) is 0. The van der Waals surface area contributed by atoms with Gasteiger partial charge in [-0.15, -0.1) is 0 Å². The first-order chi connectivity index (χ1) is 6.30. The Bertz CT molecular complexity index is 163. The van der Waals surface area contributed by atoms with Crippen LogP contribution in [0.2, 0.25) is 0 Å². The summed E-state index contributed by atoms with van der Waals surface area (Å²) in [5.41, 5.74) is 0. The highest BCUT2D eigenvalue weighted by atomic mass is 79.9. The molecule has 0 heterocycles. The maximum Gasteiger partial charge on any atom is 0.0458 e. The van der Waals surface area contributed by atoms with E-state index in [0.29, 0.717) is 4.83 Å². The van der Waals surface area contributed by atoms with E-state index in [0.717, 1.165) is 0 Å². The molecule has 2 heteroatoms.